The molecule has 1 aromatic rings. The Labute approximate surface area is 130 Å². The Morgan fingerprint density at radius 3 is 2.57 bits per heavy atom. The first kappa shape index (κ1) is 14.5. The standard InChI is InChI=1S/C15H16BrNO4/c1-7-2-3-9(8(16)6-7)17-14(18)12-10-4-5-11(21-10)13(12)15(19)20/h2-3,6,10-13H,4-5H2,1H3,(H,17,18)(H,19,20)/p-1/t10-,11+,12+,13-/m0/s1. The summed E-state index contributed by atoms with van der Waals surface area (Å²) in [5, 5.41) is 14.1. The molecule has 1 N–H and O–H groups in total. The molecule has 2 bridgehead atoms. The third-order valence-electron chi connectivity index (χ3n) is 4.23. The summed E-state index contributed by atoms with van der Waals surface area (Å²) in [6.07, 6.45) is 0.697. The number of hydrogen-bond donors (Lipinski definition) is 1. The summed E-state index contributed by atoms with van der Waals surface area (Å²) in [5.41, 5.74) is 1.70. The molecular formula is C15H15BrNO4-. The Kier molecular flexibility index (Phi) is 3.75. The van der Waals surface area contributed by atoms with Crippen LogP contribution in [0.1, 0.15) is 18.4 Å². The predicted octanol–water partition coefficient (Wildman–Crippen LogP) is 1.24. The number of carbonyl (C=O) groups is 2. The van der Waals surface area contributed by atoms with E-state index in [0.717, 1.165) is 16.5 Å². The lowest BCUT2D eigenvalue weighted by Crippen LogP contribution is -2.46. The molecule has 2 fully saturated rings. The van der Waals surface area contributed by atoms with Crippen molar-refractivity contribution in [1.29, 1.82) is 0 Å². The molecule has 2 aliphatic rings. The van der Waals surface area contributed by atoms with E-state index in [0.29, 0.717) is 12.1 Å². The minimum atomic E-state index is -1.20. The molecule has 2 heterocycles. The number of carbonyl (C=O) groups excluding carboxylic acids is 2. The first-order valence-corrected chi connectivity index (χ1v) is 7.70. The molecule has 2 aliphatic heterocycles. The van der Waals surface area contributed by atoms with Crippen molar-refractivity contribution in [3.63, 3.8) is 0 Å². The number of rotatable bonds is 3. The van der Waals surface area contributed by atoms with Crippen molar-refractivity contribution in [2.45, 2.75) is 32.0 Å². The van der Waals surface area contributed by atoms with E-state index in [-0.39, 0.29) is 12.0 Å². The van der Waals surface area contributed by atoms with Crippen molar-refractivity contribution in [2.75, 3.05) is 5.32 Å². The number of hydrogen-bond acceptors (Lipinski definition) is 4. The summed E-state index contributed by atoms with van der Waals surface area (Å²) >= 11 is 3.39. The van der Waals surface area contributed by atoms with Gasteiger partial charge in [-0.25, -0.2) is 0 Å². The summed E-state index contributed by atoms with van der Waals surface area (Å²) in [6, 6.07) is 5.57. The van der Waals surface area contributed by atoms with E-state index in [2.05, 4.69) is 21.2 Å². The summed E-state index contributed by atoms with van der Waals surface area (Å²) in [7, 11) is 0. The molecule has 112 valence electrons. The molecule has 0 aliphatic carbocycles. The molecule has 1 aromatic carbocycles. The Morgan fingerprint density at radius 1 is 1.29 bits per heavy atom. The second-order valence-electron chi connectivity index (χ2n) is 5.63. The average molecular weight is 353 g/mol. The van der Waals surface area contributed by atoms with Crippen LogP contribution in [0.15, 0.2) is 22.7 Å². The quantitative estimate of drug-likeness (QED) is 0.887. The van der Waals surface area contributed by atoms with E-state index >= 15 is 0 Å². The van der Waals surface area contributed by atoms with Crippen LogP contribution in [0.3, 0.4) is 0 Å². The normalized spacial score (nSPS) is 30.4. The van der Waals surface area contributed by atoms with Gasteiger partial charge in [-0.2, -0.15) is 0 Å². The minimum absolute atomic E-state index is 0.317. The van der Waals surface area contributed by atoms with E-state index in [4.69, 9.17) is 4.74 Å². The fourth-order valence-electron chi connectivity index (χ4n) is 3.25. The van der Waals surface area contributed by atoms with Crippen molar-refractivity contribution in [1.82, 2.24) is 0 Å². The Balaban J connectivity index is 1.80. The van der Waals surface area contributed by atoms with Crippen LogP contribution in [-0.4, -0.2) is 24.1 Å². The number of fused-ring (bicyclic) bond motifs is 2. The summed E-state index contributed by atoms with van der Waals surface area (Å²) in [5.74, 6) is -3.05. The molecule has 1 amide bonds. The van der Waals surface area contributed by atoms with Gasteiger partial charge in [-0.05, 0) is 53.4 Å². The number of ether oxygens (including phenoxy) is 1. The molecule has 6 heteroatoms. The van der Waals surface area contributed by atoms with Gasteiger partial charge in [0.15, 0.2) is 0 Å². The smallest absolute Gasteiger partial charge is 0.230 e. The van der Waals surface area contributed by atoms with Crippen LogP contribution >= 0.6 is 15.9 Å². The molecule has 3 rings (SSSR count). The number of aliphatic carboxylic acids is 1. The first-order chi connectivity index (χ1) is 9.97. The van der Waals surface area contributed by atoms with E-state index in [1.807, 2.05) is 19.1 Å². The molecule has 4 atom stereocenters. The second-order valence-corrected chi connectivity index (χ2v) is 6.49. The van der Waals surface area contributed by atoms with Crippen LogP contribution in [0.2, 0.25) is 0 Å². The number of carboxylic acids is 1. The number of aryl methyl sites for hydroxylation is 1. The largest absolute Gasteiger partial charge is 0.550 e. The lowest BCUT2D eigenvalue weighted by Gasteiger charge is -2.27. The van der Waals surface area contributed by atoms with E-state index in [9.17, 15) is 14.7 Å². The van der Waals surface area contributed by atoms with Gasteiger partial charge in [-0.3, -0.25) is 4.79 Å². The van der Waals surface area contributed by atoms with Gasteiger partial charge in [0.05, 0.1) is 23.8 Å². The summed E-state index contributed by atoms with van der Waals surface area (Å²) < 4.78 is 6.34. The maximum Gasteiger partial charge on any atom is 0.230 e. The monoisotopic (exact) mass is 352 g/mol. The number of carboxylic acid groups (broad SMARTS) is 1. The van der Waals surface area contributed by atoms with Gasteiger partial charge in [-0.15, -0.1) is 0 Å². The van der Waals surface area contributed by atoms with Gasteiger partial charge >= 0.3 is 0 Å². The molecular weight excluding hydrogens is 338 g/mol. The van der Waals surface area contributed by atoms with Crippen molar-refractivity contribution in [3.05, 3.63) is 28.2 Å². The topological polar surface area (TPSA) is 78.5 Å². The maximum atomic E-state index is 12.5. The zero-order valence-corrected chi connectivity index (χ0v) is 13.1. The summed E-state index contributed by atoms with van der Waals surface area (Å²) in [4.78, 5) is 23.7. The highest BCUT2D eigenvalue weighted by Gasteiger charge is 2.52. The SMILES string of the molecule is Cc1ccc(NC(=O)[C@H]2[C@@H](C(=O)[O-])[C@H]3CC[C@@H]2O3)c(Br)c1. The van der Waals surface area contributed by atoms with E-state index in [1.165, 1.54) is 0 Å². The van der Waals surface area contributed by atoms with Crippen LogP contribution in [-0.2, 0) is 14.3 Å². The zero-order chi connectivity index (χ0) is 15.1. The van der Waals surface area contributed by atoms with Crippen LogP contribution in [0.25, 0.3) is 0 Å². The van der Waals surface area contributed by atoms with Crippen LogP contribution in [0.5, 0.6) is 0 Å². The van der Waals surface area contributed by atoms with Gasteiger partial charge in [0.1, 0.15) is 0 Å². The molecule has 21 heavy (non-hydrogen) atoms. The minimum Gasteiger partial charge on any atom is -0.550 e. The van der Waals surface area contributed by atoms with E-state index < -0.39 is 23.9 Å². The second kappa shape index (κ2) is 5.42. The Hall–Kier alpha value is -1.40. The van der Waals surface area contributed by atoms with Crippen LogP contribution < -0.4 is 10.4 Å². The molecule has 5 nitrogen and oxygen atoms in total. The van der Waals surface area contributed by atoms with Crippen molar-refractivity contribution < 1.29 is 19.4 Å². The average Bonchev–Trinajstić information content (AvgIpc) is 3.02. The van der Waals surface area contributed by atoms with Crippen molar-refractivity contribution >= 4 is 33.5 Å². The zero-order valence-electron chi connectivity index (χ0n) is 11.5. The highest BCUT2D eigenvalue weighted by atomic mass is 79.9. The fourth-order valence-corrected chi connectivity index (χ4v) is 3.84. The highest BCUT2D eigenvalue weighted by molar-refractivity contribution is 9.10. The molecule has 0 unspecified atom stereocenters. The van der Waals surface area contributed by atoms with Gasteiger partial charge in [-0.1, -0.05) is 6.07 Å². The first-order valence-electron chi connectivity index (χ1n) is 6.90. The molecule has 0 spiro atoms. The van der Waals surface area contributed by atoms with Crippen molar-refractivity contribution in [2.24, 2.45) is 11.8 Å². The summed E-state index contributed by atoms with van der Waals surface area (Å²) in [6.45, 7) is 1.95. The number of nitrogens with one attached hydrogen (secondary N) is 1. The number of benzene rings is 1. The molecule has 0 saturated carbocycles. The van der Waals surface area contributed by atoms with Gasteiger partial charge in [0.2, 0.25) is 5.91 Å². The Morgan fingerprint density at radius 2 is 1.95 bits per heavy atom. The van der Waals surface area contributed by atoms with E-state index in [1.54, 1.807) is 6.07 Å². The third-order valence-corrected chi connectivity index (χ3v) is 4.89. The molecule has 2 saturated heterocycles. The lowest BCUT2D eigenvalue weighted by atomic mass is 9.78. The highest BCUT2D eigenvalue weighted by Crippen LogP contribution is 2.43. The van der Waals surface area contributed by atoms with Crippen LogP contribution in [0, 0.1) is 18.8 Å². The predicted molar refractivity (Wildman–Crippen MR) is 77.4 cm³/mol. The number of anilines is 1. The Bertz CT molecular complexity index is 603. The fraction of sp³-hybridized carbons (Fsp3) is 0.467. The molecule has 0 radical (unpaired) electrons. The van der Waals surface area contributed by atoms with Crippen molar-refractivity contribution in [3.8, 4) is 0 Å². The van der Waals surface area contributed by atoms with Gasteiger partial charge in [0.25, 0.3) is 0 Å². The third kappa shape index (κ3) is 2.58. The van der Waals surface area contributed by atoms with Gasteiger partial charge < -0.3 is 20.0 Å². The lowest BCUT2D eigenvalue weighted by molar-refractivity contribution is -0.313. The molecule has 0 aromatic heterocycles. The van der Waals surface area contributed by atoms with Crippen LogP contribution in [0.4, 0.5) is 5.69 Å². The van der Waals surface area contributed by atoms with Gasteiger partial charge in [0, 0.05) is 16.4 Å². The maximum absolute atomic E-state index is 12.5. The number of amides is 1. The number of halogens is 1.